The van der Waals surface area contributed by atoms with Crippen molar-refractivity contribution in [2.45, 2.75) is 37.0 Å². The summed E-state index contributed by atoms with van der Waals surface area (Å²) in [6.07, 6.45) is -5.49. The molecule has 0 radical (unpaired) electrons. The van der Waals surface area contributed by atoms with Gasteiger partial charge in [-0.2, -0.15) is 18.2 Å². The topological polar surface area (TPSA) is 150 Å². The first-order chi connectivity index (χ1) is 14.5. The Balaban J connectivity index is 1.64. The highest BCUT2D eigenvalue weighted by Gasteiger charge is 2.68. The van der Waals surface area contributed by atoms with Crippen LogP contribution >= 0.6 is 0 Å². The molecule has 1 saturated heterocycles. The summed E-state index contributed by atoms with van der Waals surface area (Å²) < 4.78 is 44.4. The highest BCUT2D eigenvalue weighted by molar-refractivity contribution is 5.90. The second-order valence-corrected chi connectivity index (χ2v) is 7.69. The number of carbonyl (C=O) groups excluding carboxylic acids is 1. The molecule has 3 aliphatic heterocycles. The van der Waals surface area contributed by atoms with E-state index in [2.05, 4.69) is 9.98 Å². The number of benzene rings is 1. The minimum absolute atomic E-state index is 0.00426. The zero-order valence-corrected chi connectivity index (χ0v) is 16.3. The molecule has 1 aromatic carbocycles. The monoisotopic (exact) mass is 442 g/mol. The van der Waals surface area contributed by atoms with Crippen molar-refractivity contribution in [3.63, 3.8) is 0 Å². The maximum absolute atomic E-state index is 13.0. The molecule has 13 heteroatoms. The zero-order chi connectivity index (χ0) is 22.7. The molecule has 3 heterocycles. The Morgan fingerprint density at radius 2 is 2.03 bits per heavy atom. The predicted molar refractivity (Wildman–Crippen MR) is 101 cm³/mol. The lowest BCUT2D eigenvalue weighted by Gasteiger charge is -2.48. The molecule has 0 aliphatic carbocycles. The standard InChI is InChI=1S/C18H21F3N6O4/c1-8-12(31-14(29)9-3-2-4-10(5-9)18(19,20)21)6-26-15(22)24-11(7-28)13-17(8,26)27(30)16(23)25-13/h2-5,8,11-13,28,30H,6-7H2,1H3,(H2,22,24)(H2,23,25). The van der Waals surface area contributed by atoms with Gasteiger partial charge < -0.3 is 26.2 Å². The number of hydrogen-bond acceptors (Lipinski definition) is 10. The third-order valence-corrected chi connectivity index (χ3v) is 6.10. The van der Waals surface area contributed by atoms with Crippen molar-refractivity contribution in [3.05, 3.63) is 35.4 Å². The van der Waals surface area contributed by atoms with Gasteiger partial charge in [0.05, 0.1) is 24.3 Å². The average Bonchev–Trinajstić information content (AvgIpc) is 3.16. The van der Waals surface area contributed by atoms with E-state index in [4.69, 9.17) is 16.2 Å². The summed E-state index contributed by atoms with van der Waals surface area (Å²) in [6, 6.07) is 2.32. The van der Waals surface area contributed by atoms with Gasteiger partial charge in [-0.1, -0.05) is 13.0 Å². The molecular weight excluding hydrogens is 421 g/mol. The zero-order valence-electron chi connectivity index (χ0n) is 16.3. The summed E-state index contributed by atoms with van der Waals surface area (Å²) in [6.45, 7) is 1.25. The Kier molecular flexibility index (Phi) is 4.77. The minimum Gasteiger partial charge on any atom is -0.456 e. The lowest BCUT2D eigenvalue weighted by molar-refractivity contribution is -0.170. The number of nitrogens with zero attached hydrogens (tertiary/aromatic N) is 4. The van der Waals surface area contributed by atoms with Crippen molar-refractivity contribution in [1.29, 1.82) is 0 Å². The SMILES string of the molecule is CC1C(OC(=O)c2cccc(C(F)(F)F)c2)CN2C(N)=NC(CO)C3N=C(N)N(O)C132. The summed E-state index contributed by atoms with van der Waals surface area (Å²) in [5, 5.41) is 21.2. The van der Waals surface area contributed by atoms with E-state index in [-0.39, 0.29) is 24.0 Å². The van der Waals surface area contributed by atoms with Crippen molar-refractivity contribution in [3.8, 4) is 0 Å². The fraction of sp³-hybridized carbons (Fsp3) is 0.500. The lowest BCUT2D eigenvalue weighted by Crippen LogP contribution is -2.71. The van der Waals surface area contributed by atoms with Crippen molar-refractivity contribution < 1.29 is 33.0 Å². The first kappa shape index (κ1) is 21.2. The fourth-order valence-corrected chi connectivity index (χ4v) is 4.61. The summed E-state index contributed by atoms with van der Waals surface area (Å²) >= 11 is 0. The maximum Gasteiger partial charge on any atom is 0.416 e. The number of esters is 1. The highest BCUT2D eigenvalue weighted by atomic mass is 19.4. The normalized spacial score (nSPS) is 32.3. The lowest BCUT2D eigenvalue weighted by atomic mass is 9.83. The largest absolute Gasteiger partial charge is 0.456 e. The van der Waals surface area contributed by atoms with E-state index in [1.807, 2.05) is 0 Å². The molecule has 0 aromatic heterocycles. The third-order valence-electron chi connectivity index (χ3n) is 6.10. The number of carbonyl (C=O) groups is 1. The van der Waals surface area contributed by atoms with E-state index in [0.717, 1.165) is 17.2 Å². The number of hydroxylamine groups is 2. The van der Waals surface area contributed by atoms with E-state index in [0.29, 0.717) is 6.07 Å². The smallest absolute Gasteiger partial charge is 0.416 e. The van der Waals surface area contributed by atoms with E-state index in [1.54, 1.807) is 6.92 Å². The number of halogens is 3. The number of alkyl halides is 3. The molecule has 0 saturated carbocycles. The van der Waals surface area contributed by atoms with Gasteiger partial charge in [0.2, 0.25) is 5.96 Å². The van der Waals surface area contributed by atoms with Crippen molar-refractivity contribution in [2.75, 3.05) is 13.2 Å². The van der Waals surface area contributed by atoms with Crippen LogP contribution in [0.5, 0.6) is 0 Å². The molecule has 1 fully saturated rings. The quantitative estimate of drug-likeness (QED) is 0.476. The van der Waals surface area contributed by atoms with E-state index >= 15 is 0 Å². The molecule has 3 aliphatic rings. The van der Waals surface area contributed by atoms with E-state index in [1.165, 1.54) is 11.0 Å². The molecule has 168 valence electrons. The summed E-state index contributed by atoms with van der Waals surface area (Å²) in [7, 11) is 0. The van der Waals surface area contributed by atoms with Gasteiger partial charge in [0.15, 0.2) is 11.6 Å². The Bertz CT molecular complexity index is 970. The summed E-state index contributed by atoms with van der Waals surface area (Å²) in [5.74, 6) is -1.83. The number of hydrogen-bond donors (Lipinski definition) is 4. The number of nitrogens with two attached hydrogens (primary N) is 2. The van der Waals surface area contributed by atoms with Gasteiger partial charge in [0.1, 0.15) is 18.2 Å². The molecular formula is C18H21F3N6O4. The van der Waals surface area contributed by atoms with E-state index < -0.39 is 54.1 Å². The summed E-state index contributed by atoms with van der Waals surface area (Å²) in [4.78, 5) is 22.5. The van der Waals surface area contributed by atoms with Gasteiger partial charge in [-0.15, -0.1) is 0 Å². The second kappa shape index (κ2) is 6.99. The van der Waals surface area contributed by atoms with Gasteiger partial charge in [-0.05, 0) is 18.2 Å². The summed E-state index contributed by atoms with van der Waals surface area (Å²) in [5.41, 5.74) is 9.27. The molecule has 4 rings (SSSR count). The van der Waals surface area contributed by atoms with Crippen LogP contribution in [0, 0.1) is 5.92 Å². The van der Waals surface area contributed by atoms with Gasteiger partial charge in [0.25, 0.3) is 0 Å². The van der Waals surface area contributed by atoms with Crippen LogP contribution < -0.4 is 11.5 Å². The molecule has 5 atom stereocenters. The molecule has 10 nitrogen and oxygen atoms in total. The Morgan fingerprint density at radius 3 is 2.68 bits per heavy atom. The molecule has 1 aromatic rings. The third kappa shape index (κ3) is 2.98. The number of rotatable bonds is 3. The molecule has 5 unspecified atom stereocenters. The van der Waals surface area contributed by atoms with Gasteiger partial charge in [-0.25, -0.2) is 14.8 Å². The molecule has 0 bridgehead atoms. The van der Waals surface area contributed by atoms with E-state index in [9.17, 15) is 28.3 Å². The van der Waals surface area contributed by atoms with Crippen molar-refractivity contribution in [2.24, 2.45) is 27.4 Å². The second-order valence-electron chi connectivity index (χ2n) is 7.69. The van der Waals surface area contributed by atoms with Gasteiger partial charge >= 0.3 is 12.1 Å². The van der Waals surface area contributed by atoms with Crippen LogP contribution in [-0.4, -0.2) is 75.2 Å². The first-order valence-corrected chi connectivity index (χ1v) is 9.44. The maximum atomic E-state index is 13.0. The number of ether oxygens (including phenoxy) is 1. The molecule has 6 N–H and O–H groups in total. The van der Waals surface area contributed by atoms with Gasteiger partial charge in [-0.3, -0.25) is 5.21 Å². The van der Waals surface area contributed by atoms with Crippen LogP contribution in [0.15, 0.2) is 34.3 Å². The number of aliphatic hydroxyl groups is 1. The van der Waals surface area contributed by atoms with Crippen LogP contribution in [0.1, 0.15) is 22.8 Å². The Labute approximate surface area is 174 Å². The molecule has 0 amide bonds. The van der Waals surface area contributed by atoms with Crippen LogP contribution in [0.2, 0.25) is 0 Å². The van der Waals surface area contributed by atoms with Crippen molar-refractivity contribution in [1.82, 2.24) is 9.96 Å². The fourth-order valence-electron chi connectivity index (χ4n) is 4.61. The number of aliphatic hydroxyl groups excluding tert-OH is 1. The van der Waals surface area contributed by atoms with Crippen molar-refractivity contribution >= 4 is 17.9 Å². The van der Waals surface area contributed by atoms with Crippen LogP contribution in [-0.2, 0) is 10.9 Å². The van der Waals surface area contributed by atoms with Crippen LogP contribution in [0.4, 0.5) is 13.2 Å². The Hall–Kier alpha value is -3.06. The minimum atomic E-state index is -4.61. The predicted octanol–water partition coefficient (Wildman–Crippen LogP) is -0.0439. The first-order valence-electron chi connectivity index (χ1n) is 9.44. The average molecular weight is 442 g/mol. The number of guanidine groups is 2. The van der Waals surface area contributed by atoms with Crippen LogP contribution in [0.25, 0.3) is 0 Å². The van der Waals surface area contributed by atoms with Crippen LogP contribution in [0.3, 0.4) is 0 Å². The number of aliphatic imine (C=N–C) groups is 2. The van der Waals surface area contributed by atoms with Gasteiger partial charge in [0, 0.05) is 5.92 Å². The molecule has 1 spiro atoms. The molecule has 31 heavy (non-hydrogen) atoms. The highest BCUT2D eigenvalue weighted by Crippen LogP contribution is 2.48. The Morgan fingerprint density at radius 1 is 1.32 bits per heavy atom.